The van der Waals surface area contributed by atoms with E-state index >= 15 is 0 Å². The first-order valence-electron chi connectivity index (χ1n) is 16.6. The van der Waals surface area contributed by atoms with Gasteiger partial charge in [-0.3, -0.25) is 9.80 Å². The van der Waals surface area contributed by atoms with Crippen molar-refractivity contribution in [2.75, 3.05) is 51.2 Å². The third-order valence-electron chi connectivity index (χ3n) is 10.0. The van der Waals surface area contributed by atoms with Crippen LogP contribution in [-0.2, 0) is 22.7 Å². The topological polar surface area (TPSA) is 74.2 Å². The molecule has 3 aliphatic heterocycles. The van der Waals surface area contributed by atoms with Gasteiger partial charge >= 0.3 is 6.09 Å². The summed E-state index contributed by atoms with van der Waals surface area (Å²) in [5.41, 5.74) is 4.93. The molecule has 4 aromatic rings. The van der Waals surface area contributed by atoms with Crippen LogP contribution >= 0.6 is 0 Å². The molecule has 0 saturated carbocycles. The van der Waals surface area contributed by atoms with Crippen LogP contribution in [0.4, 0.5) is 10.6 Å². The molecule has 1 amide bonds. The average molecular weight is 631 g/mol. The van der Waals surface area contributed by atoms with E-state index in [2.05, 4.69) is 86.6 Å². The molecule has 9 nitrogen and oxygen atoms in total. The largest absolute Gasteiger partial charge is 0.445 e. The number of likely N-dealkylation sites (N-methyl/N-ethyl adjacent to an activating group) is 1. The molecule has 1 atom stereocenters. The van der Waals surface area contributed by atoms with Gasteiger partial charge in [-0.1, -0.05) is 72.8 Å². The van der Waals surface area contributed by atoms with Crippen molar-refractivity contribution in [3.63, 3.8) is 0 Å². The monoisotopic (exact) mass is 630 g/mol. The van der Waals surface area contributed by atoms with E-state index in [0.29, 0.717) is 24.7 Å². The fraction of sp³-hybridized carbons (Fsp3) is 0.368. The molecule has 2 saturated heterocycles. The van der Waals surface area contributed by atoms with Crippen LogP contribution in [0.15, 0.2) is 96.7 Å². The number of amides is 1. The molecule has 0 spiro atoms. The van der Waals surface area contributed by atoms with Crippen molar-refractivity contribution in [3.05, 3.63) is 108 Å². The summed E-state index contributed by atoms with van der Waals surface area (Å²) < 4.78 is 7.75. The highest BCUT2D eigenvalue weighted by Crippen LogP contribution is 2.44. The highest BCUT2D eigenvalue weighted by atomic mass is 16.6. The zero-order valence-corrected chi connectivity index (χ0v) is 27.2. The van der Waals surface area contributed by atoms with E-state index in [1.165, 1.54) is 10.8 Å². The Morgan fingerprint density at radius 1 is 0.915 bits per heavy atom. The second-order valence-electron chi connectivity index (χ2n) is 13.0. The lowest BCUT2D eigenvalue weighted by atomic mass is 9.92. The summed E-state index contributed by atoms with van der Waals surface area (Å²) in [6.07, 6.45) is 5.21. The van der Waals surface area contributed by atoms with Crippen molar-refractivity contribution < 1.29 is 14.3 Å². The maximum Gasteiger partial charge on any atom is 0.410 e. The number of fused-ring (bicyclic) bond motifs is 1. The Hall–Kier alpha value is -4.69. The number of hydrogen-bond acceptors (Lipinski definition) is 7. The van der Waals surface area contributed by atoms with Gasteiger partial charge in [-0.25, -0.2) is 14.6 Å². The molecule has 4 heterocycles. The minimum Gasteiger partial charge on any atom is -0.445 e. The molecule has 1 unspecified atom stereocenters. The Labute approximate surface area is 276 Å². The molecule has 7 rings (SSSR count). The van der Waals surface area contributed by atoms with Crippen LogP contribution in [-0.4, -0.2) is 88.6 Å². The Morgan fingerprint density at radius 2 is 1.64 bits per heavy atom. The molecule has 47 heavy (non-hydrogen) atoms. The summed E-state index contributed by atoms with van der Waals surface area (Å²) in [5.74, 6) is 3.65. The van der Waals surface area contributed by atoms with E-state index in [4.69, 9.17) is 4.74 Å². The summed E-state index contributed by atoms with van der Waals surface area (Å²) in [6.45, 7) is 8.09. The lowest BCUT2D eigenvalue weighted by molar-refractivity contribution is 0.0807. The Kier molecular flexibility index (Phi) is 8.94. The summed E-state index contributed by atoms with van der Waals surface area (Å²) in [4.78, 5) is 39.0. The smallest absolute Gasteiger partial charge is 0.410 e. The molecule has 242 valence electrons. The zero-order valence-electron chi connectivity index (χ0n) is 27.2. The molecular formula is C38H42N6O3. The zero-order chi connectivity index (χ0) is 32.3. The number of benzene rings is 3. The number of likely N-dealkylation sites (tertiary alicyclic amines) is 1. The molecule has 2 fully saturated rings. The van der Waals surface area contributed by atoms with E-state index in [9.17, 15) is 9.59 Å². The first-order valence-corrected chi connectivity index (χ1v) is 16.6. The second kappa shape index (κ2) is 13.6. The maximum absolute atomic E-state index is 13.0. The number of allylic oxidation sites excluding steroid dienone is 1. The van der Waals surface area contributed by atoms with Crippen LogP contribution < -0.4 is 4.90 Å². The van der Waals surface area contributed by atoms with Crippen LogP contribution in [0, 0.1) is 5.92 Å². The van der Waals surface area contributed by atoms with Crippen molar-refractivity contribution in [1.29, 1.82) is 0 Å². The van der Waals surface area contributed by atoms with E-state index in [1.54, 1.807) is 0 Å². The third-order valence-corrected chi connectivity index (χ3v) is 10.0. The van der Waals surface area contributed by atoms with E-state index in [1.807, 2.05) is 47.8 Å². The summed E-state index contributed by atoms with van der Waals surface area (Å²) in [6, 6.07) is 24.5. The number of hydrogen-bond donors (Lipinski definition) is 0. The predicted octanol–water partition coefficient (Wildman–Crippen LogP) is 5.67. The molecule has 1 aromatic heterocycles. The Bertz CT molecular complexity index is 1810. The van der Waals surface area contributed by atoms with Crippen LogP contribution in [0.1, 0.15) is 30.9 Å². The number of piperidine rings is 1. The van der Waals surface area contributed by atoms with Gasteiger partial charge in [0.25, 0.3) is 0 Å². The highest BCUT2D eigenvalue weighted by Gasteiger charge is 2.42. The van der Waals surface area contributed by atoms with E-state index in [-0.39, 0.29) is 18.7 Å². The van der Waals surface area contributed by atoms with Crippen molar-refractivity contribution >= 4 is 34.2 Å². The number of anilines is 1. The molecule has 9 heteroatoms. The van der Waals surface area contributed by atoms with Gasteiger partial charge < -0.3 is 19.1 Å². The van der Waals surface area contributed by atoms with E-state index in [0.717, 1.165) is 73.8 Å². The van der Waals surface area contributed by atoms with Crippen molar-refractivity contribution in [2.24, 2.45) is 5.92 Å². The molecule has 0 bridgehead atoms. The highest BCUT2D eigenvalue weighted by molar-refractivity contribution is 6.00. The van der Waals surface area contributed by atoms with Gasteiger partial charge in [0.15, 0.2) is 0 Å². The van der Waals surface area contributed by atoms with E-state index < -0.39 is 0 Å². The number of nitrogens with zero attached hydrogens (tertiary/aromatic N) is 6. The molecular weight excluding hydrogens is 588 g/mol. The fourth-order valence-corrected chi connectivity index (χ4v) is 7.42. The van der Waals surface area contributed by atoms with Gasteiger partial charge in [0, 0.05) is 57.1 Å². The average Bonchev–Trinajstić information content (AvgIpc) is 3.68. The molecule has 3 aliphatic rings. The Morgan fingerprint density at radius 3 is 2.40 bits per heavy atom. The lowest BCUT2D eigenvalue weighted by Gasteiger charge is -2.37. The number of ether oxygens (including phenoxy) is 1. The number of piperazine rings is 1. The van der Waals surface area contributed by atoms with Gasteiger partial charge in [0.05, 0.1) is 18.6 Å². The minimum absolute atomic E-state index is 0.208. The van der Waals surface area contributed by atoms with Crippen LogP contribution in [0.3, 0.4) is 0 Å². The number of carbonyl (C=O) groups excluding carboxylic acids is 2. The van der Waals surface area contributed by atoms with Crippen LogP contribution in [0.2, 0.25) is 0 Å². The number of imidazole rings is 1. The first-order chi connectivity index (χ1) is 23.0. The number of carbonyl (C=O) groups is 1. The summed E-state index contributed by atoms with van der Waals surface area (Å²) >= 11 is 0. The number of rotatable bonds is 7. The van der Waals surface area contributed by atoms with Gasteiger partial charge in [-0.05, 0) is 54.6 Å². The SMILES string of the molecule is CC1=C(c2cccc3ccccc23)C(N2CCN(C)CC2)C(=C=O)N1c1cncn1CC1CCN(C(=O)OCc2ccccc2)CC1. The van der Waals surface area contributed by atoms with Crippen molar-refractivity contribution in [2.45, 2.75) is 39.0 Å². The molecule has 0 aliphatic carbocycles. The fourth-order valence-electron chi connectivity index (χ4n) is 7.42. The minimum atomic E-state index is -0.259. The molecule has 0 radical (unpaired) electrons. The van der Waals surface area contributed by atoms with Gasteiger partial charge in [-0.2, -0.15) is 0 Å². The van der Waals surface area contributed by atoms with Gasteiger partial charge in [0.1, 0.15) is 24.1 Å². The maximum atomic E-state index is 13.0. The lowest BCUT2D eigenvalue weighted by Crippen LogP contribution is -2.50. The predicted molar refractivity (Wildman–Crippen MR) is 184 cm³/mol. The molecule has 0 N–H and O–H groups in total. The second-order valence-corrected chi connectivity index (χ2v) is 13.0. The van der Waals surface area contributed by atoms with Gasteiger partial charge in [0.2, 0.25) is 0 Å². The quantitative estimate of drug-likeness (QED) is 0.244. The standard InChI is InChI=1S/C38H42N6O3/c1-28-36(33-14-8-12-31-11-6-7-13-32(31)33)37(41-21-19-40(2)20-22-41)34(25-45)44(28)35-23-39-27-43(35)24-29-15-17-42(18-16-29)38(46)47-26-30-9-4-3-5-10-30/h3-14,23,27,29,37H,15-22,24,26H2,1-2H3. The summed E-state index contributed by atoms with van der Waals surface area (Å²) in [5, 5.41) is 2.36. The van der Waals surface area contributed by atoms with Crippen molar-refractivity contribution in [3.8, 4) is 0 Å². The first kappa shape index (κ1) is 30.9. The summed E-state index contributed by atoms with van der Waals surface area (Å²) in [7, 11) is 2.15. The third kappa shape index (κ3) is 6.22. The van der Waals surface area contributed by atoms with Crippen LogP contribution in [0.5, 0.6) is 0 Å². The van der Waals surface area contributed by atoms with Crippen molar-refractivity contribution in [1.82, 2.24) is 24.3 Å². The van der Waals surface area contributed by atoms with Crippen LogP contribution in [0.25, 0.3) is 16.3 Å². The number of aromatic nitrogens is 2. The Balaban J connectivity index is 1.13. The molecule has 3 aromatic carbocycles. The normalized spacial score (nSPS) is 19.9. The van der Waals surface area contributed by atoms with Gasteiger partial charge in [-0.15, -0.1) is 0 Å².